The molecule has 0 aliphatic carbocycles. The molecule has 0 radical (unpaired) electrons. The fourth-order valence-corrected chi connectivity index (χ4v) is 1.92. The van der Waals surface area contributed by atoms with Crippen molar-refractivity contribution in [3.05, 3.63) is 27.9 Å². The van der Waals surface area contributed by atoms with Crippen LogP contribution < -0.4 is 16.8 Å². The number of nitrogen functional groups attached to an aromatic ring is 1. The van der Waals surface area contributed by atoms with Crippen molar-refractivity contribution in [3.8, 4) is 0 Å². The van der Waals surface area contributed by atoms with Crippen LogP contribution in [0.4, 0.5) is 0 Å². The topological polar surface area (TPSA) is 90.0 Å². The van der Waals surface area contributed by atoms with Crippen molar-refractivity contribution in [3.63, 3.8) is 0 Å². The van der Waals surface area contributed by atoms with E-state index < -0.39 is 5.91 Å². The van der Waals surface area contributed by atoms with Crippen LogP contribution >= 0.6 is 0 Å². The van der Waals surface area contributed by atoms with Crippen molar-refractivity contribution in [1.29, 1.82) is 0 Å². The third-order valence-electron chi connectivity index (χ3n) is 2.79. The van der Waals surface area contributed by atoms with Gasteiger partial charge in [-0.05, 0) is 12.8 Å². The molecule has 86 valence electrons. The molecule has 1 aliphatic rings. The number of nitrogens with two attached hydrogens (primary N) is 1. The Morgan fingerprint density at radius 1 is 1.44 bits per heavy atom. The van der Waals surface area contributed by atoms with Gasteiger partial charge in [-0.25, -0.2) is 10.8 Å². The summed E-state index contributed by atoms with van der Waals surface area (Å²) in [6.07, 6.45) is 5.17. The first-order chi connectivity index (χ1) is 7.74. The first kappa shape index (κ1) is 10.8. The van der Waals surface area contributed by atoms with E-state index in [1.807, 2.05) is 5.43 Å². The minimum Gasteiger partial charge on any atom is -0.296 e. The van der Waals surface area contributed by atoms with Crippen LogP contribution in [0, 0.1) is 0 Å². The number of nitrogens with zero attached hydrogens (tertiary/aromatic N) is 2. The number of hydrogen-bond acceptors (Lipinski definition) is 4. The summed E-state index contributed by atoms with van der Waals surface area (Å²) < 4.78 is 1.58. The van der Waals surface area contributed by atoms with Gasteiger partial charge in [0.05, 0.1) is 0 Å². The molecule has 3 N–H and O–H groups in total. The van der Waals surface area contributed by atoms with Gasteiger partial charge in [0.25, 0.3) is 11.5 Å². The Bertz CT molecular complexity index is 466. The lowest BCUT2D eigenvalue weighted by molar-refractivity contribution is 0.0951. The molecule has 0 bridgehead atoms. The summed E-state index contributed by atoms with van der Waals surface area (Å²) in [5, 5.41) is 0. The Morgan fingerprint density at radius 2 is 2.25 bits per heavy atom. The monoisotopic (exact) mass is 222 g/mol. The summed E-state index contributed by atoms with van der Waals surface area (Å²) in [4.78, 5) is 27.4. The van der Waals surface area contributed by atoms with Crippen LogP contribution in [0.3, 0.4) is 0 Å². The van der Waals surface area contributed by atoms with Crippen LogP contribution in [0.25, 0.3) is 0 Å². The highest BCUT2D eigenvalue weighted by Gasteiger charge is 2.16. The average molecular weight is 222 g/mol. The number of aryl methyl sites for hydroxylation is 1. The second kappa shape index (κ2) is 4.44. The number of rotatable bonds is 1. The van der Waals surface area contributed by atoms with Crippen molar-refractivity contribution >= 4 is 5.91 Å². The van der Waals surface area contributed by atoms with E-state index in [4.69, 9.17) is 5.84 Å². The Hall–Kier alpha value is -1.69. The number of nitrogens with one attached hydrogen (secondary N) is 1. The molecule has 2 rings (SSSR count). The number of hydrogen-bond donors (Lipinski definition) is 2. The first-order valence-corrected chi connectivity index (χ1v) is 5.33. The second-order valence-electron chi connectivity index (χ2n) is 3.83. The first-order valence-electron chi connectivity index (χ1n) is 5.33. The Kier molecular flexibility index (Phi) is 3.00. The van der Waals surface area contributed by atoms with Crippen LogP contribution in [-0.2, 0) is 13.0 Å². The third-order valence-corrected chi connectivity index (χ3v) is 2.79. The van der Waals surface area contributed by atoms with Gasteiger partial charge < -0.3 is 0 Å². The summed E-state index contributed by atoms with van der Waals surface area (Å²) in [7, 11) is 0. The maximum Gasteiger partial charge on any atom is 0.272 e. The fourth-order valence-electron chi connectivity index (χ4n) is 1.92. The van der Waals surface area contributed by atoms with Gasteiger partial charge in [0, 0.05) is 19.2 Å². The third kappa shape index (κ3) is 1.83. The minimum atomic E-state index is -0.586. The average Bonchev–Trinajstić information content (AvgIpc) is 2.54. The maximum atomic E-state index is 12.0. The molecule has 0 atom stereocenters. The van der Waals surface area contributed by atoms with Gasteiger partial charge in [0.2, 0.25) is 0 Å². The number of amides is 1. The van der Waals surface area contributed by atoms with E-state index in [1.165, 1.54) is 6.20 Å². The predicted octanol–water partition coefficient (Wildman–Crippen LogP) is -0.427. The minimum absolute atomic E-state index is 0.00755. The molecule has 1 amide bonds. The summed E-state index contributed by atoms with van der Waals surface area (Å²) in [5.41, 5.74) is 1.66. The highest BCUT2D eigenvalue weighted by atomic mass is 16.2. The van der Waals surface area contributed by atoms with Gasteiger partial charge in [-0.3, -0.25) is 19.6 Å². The van der Waals surface area contributed by atoms with Gasteiger partial charge in [-0.1, -0.05) is 6.42 Å². The number of aromatic nitrogens is 2. The van der Waals surface area contributed by atoms with E-state index in [1.54, 1.807) is 4.57 Å². The van der Waals surface area contributed by atoms with Crippen LogP contribution in [0.2, 0.25) is 0 Å². The molecule has 1 aliphatic heterocycles. The van der Waals surface area contributed by atoms with Gasteiger partial charge in [-0.15, -0.1) is 0 Å². The smallest absolute Gasteiger partial charge is 0.272 e. The van der Waals surface area contributed by atoms with Gasteiger partial charge >= 0.3 is 0 Å². The summed E-state index contributed by atoms with van der Waals surface area (Å²) >= 11 is 0. The molecule has 6 heteroatoms. The van der Waals surface area contributed by atoms with Crippen molar-refractivity contribution < 1.29 is 4.79 Å². The summed E-state index contributed by atoms with van der Waals surface area (Å²) in [6, 6.07) is 0. The van der Waals surface area contributed by atoms with Crippen LogP contribution in [0.1, 0.15) is 35.4 Å². The molecular weight excluding hydrogens is 208 g/mol. The largest absolute Gasteiger partial charge is 0.296 e. The second-order valence-corrected chi connectivity index (χ2v) is 3.83. The Labute approximate surface area is 92.4 Å². The molecule has 0 fully saturated rings. The normalized spacial score (nSPS) is 15.1. The van der Waals surface area contributed by atoms with Gasteiger partial charge in [-0.2, -0.15) is 0 Å². The van der Waals surface area contributed by atoms with E-state index in [0.29, 0.717) is 6.54 Å². The van der Waals surface area contributed by atoms with E-state index in [2.05, 4.69) is 4.98 Å². The van der Waals surface area contributed by atoms with Crippen molar-refractivity contribution in [2.24, 2.45) is 5.84 Å². The van der Waals surface area contributed by atoms with E-state index in [-0.39, 0.29) is 11.1 Å². The van der Waals surface area contributed by atoms with Gasteiger partial charge in [0.15, 0.2) is 0 Å². The highest BCUT2D eigenvalue weighted by Crippen LogP contribution is 2.10. The maximum absolute atomic E-state index is 12.0. The van der Waals surface area contributed by atoms with Gasteiger partial charge in [0.1, 0.15) is 11.4 Å². The molecule has 0 spiro atoms. The van der Waals surface area contributed by atoms with Crippen LogP contribution in [-0.4, -0.2) is 15.5 Å². The molecule has 1 aromatic rings. The zero-order valence-corrected chi connectivity index (χ0v) is 8.90. The molecule has 0 aromatic carbocycles. The molecule has 1 aromatic heterocycles. The lowest BCUT2D eigenvalue weighted by Crippen LogP contribution is -2.37. The number of carbonyl (C=O) groups is 1. The summed E-state index contributed by atoms with van der Waals surface area (Å²) in [6.45, 7) is 0.632. The Morgan fingerprint density at radius 3 is 3.00 bits per heavy atom. The number of carbonyl (C=O) groups excluding carboxylic acids is 1. The fraction of sp³-hybridized carbons (Fsp3) is 0.500. The molecule has 0 saturated heterocycles. The van der Waals surface area contributed by atoms with E-state index in [9.17, 15) is 9.59 Å². The zero-order chi connectivity index (χ0) is 11.5. The molecule has 0 saturated carbocycles. The number of fused-ring (bicyclic) bond motifs is 1. The SMILES string of the molecule is NNC(=O)c1cnc2n(c1=O)CCCCC2. The highest BCUT2D eigenvalue weighted by molar-refractivity contribution is 5.93. The molecule has 2 heterocycles. The van der Waals surface area contributed by atoms with Crippen molar-refractivity contribution in [2.75, 3.05) is 0 Å². The molecule has 0 unspecified atom stereocenters. The lowest BCUT2D eigenvalue weighted by atomic mass is 10.2. The van der Waals surface area contributed by atoms with Crippen LogP contribution in [0.15, 0.2) is 11.0 Å². The number of hydrazine groups is 1. The quantitative estimate of drug-likeness (QED) is 0.383. The van der Waals surface area contributed by atoms with Crippen molar-refractivity contribution in [1.82, 2.24) is 15.0 Å². The lowest BCUT2D eigenvalue weighted by Gasteiger charge is -2.09. The standard InChI is InChI=1S/C10H14N4O2/c11-13-9(15)7-6-12-8-4-2-1-3-5-14(8)10(7)16/h6H,1-5,11H2,(H,13,15). The molecule has 6 nitrogen and oxygen atoms in total. The van der Waals surface area contributed by atoms with Crippen LogP contribution in [0.5, 0.6) is 0 Å². The zero-order valence-electron chi connectivity index (χ0n) is 8.90. The molecule has 16 heavy (non-hydrogen) atoms. The molecular formula is C10H14N4O2. The Balaban J connectivity index is 2.50. The van der Waals surface area contributed by atoms with E-state index >= 15 is 0 Å². The van der Waals surface area contributed by atoms with Crippen molar-refractivity contribution in [2.45, 2.75) is 32.2 Å². The van der Waals surface area contributed by atoms with E-state index in [0.717, 1.165) is 31.5 Å². The predicted molar refractivity (Wildman–Crippen MR) is 57.7 cm³/mol. The summed E-state index contributed by atoms with van der Waals surface area (Å²) in [5.74, 6) is 5.18.